The van der Waals surface area contributed by atoms with E-state index in [2.05, 4.69) is 15.5 Å². The SMILES string of the molecule is CCOC(=O)c1c(NC(=O)c2n[nH]c(=O)c3ccccc23)sc2c1CCCC2. The van der Waals surface area contributed by atoms with Gasteiger partial charge in [0.2, 0.25) is 0 Å². The van der Waals surface area contributed by atoms with Crippen LogP contribution in [0, 0.1) is 0 Å². The van der Waals surface area contributed by atoms with Gasteiger partial charge in [-0.2, -0.15) is 5.10 Å². The summed E-state index contributed by atoms with van der Waals surface area (Å²) in [5.41, 5.74) is 1.18. The first-order chi connectivity index (χ1) is 13.6. The normalized spacial score (nSPS) is 13.2. The summed E-state index contributed by atoms with van der Waals surface area (Å²) < 4.78 is 5.22. The number of hydrogen-bond donors (Lipinski definition) is 2. The van der Waals surface area contributed by atoms with E-state index < -0.39 is 11.9 Å². The fourth-order valence-electron chi connectivity index (χ4n) is 3.52. The molecule has 0 atom stereocenters. The number of aromatic amines is 1. The Labute approximate surface area is 164 Å². The molecule has 0 bridgehead atoms. The number of anilines is 1. The highest BCUT2D eigenvalue weighted by molar-refractivity contribution is 7.17. The van der Waals surface area contributed by atoms with Crippen LogP contribution in [-0.4, -0.2) is 28.7 Å². The molecule has 0 saturated heterocycles. The summed E-state index contributed by atoms with van der Waals surface area (Å²) in [6.45, 7) is 2.02. The van der Waals surface area contributed by atoms with Crippen LogP contribution in [0.3, 0.4) is 0 Å². The van der Waals surface area contributed by atoms with Crippen LogP contribution in [0.15, 0.2) is 29.1 Å². The summed E-state index contributed by atoms with van der Waals surface area (Å²) >= 11 is 1.42. The minimum absolute atomic E-state index is 0.108. The summed E-state index contributed by atoms with van der Waals surface area (Å²) in [4.78, 5) is 38.6. The Balaban J connectivity index is 1.75. The molecule has 4 rings (SSSR count). The Morgan fingerprint density at radius 2 is 1.96 bits per heavy atom. The second-order valence-corrected chi connectivity index (χ2v) is 7.64. The molecular weight excluding hydrogens is 378 g/mol. The van der Waals surface area contributed by atoms with Crippen molar-refractivity contribution in [1.82, 2.24) is 10.2 Å². The first kappa shape index (κ1) is 18.4. The second kappa shape index (κ2) is 7.55. The molecule has 7 nitrogen and oxygen atoms in total. The Kier molecular flexibility index (Phi) is 4.95. The van der Waals surface area contributed by atoms with Gasteiger partial charge in [-0.1, -0.05) is 18.2 Å². The number of benzene rings is 1. The van der Waals surface area contributed by atoms with Crippen LogP contribution in [0.4, 0.5) is 5.00 Å². The van der Waals surface area contributed by atoms with Gasteiger partial charge in [0.1, 0.15) is 5.00 Å². The maximum Gasteiger partial charge on any atom is 0.341 e. The Bertz CT molecular complexity index is 1130. The predicted molar refractivity (Wildman–Crippen MR) is 107 cm³/mol. The van der Waals surface area contributed by atoms with Gasteiger partial charge >= 0.3 is 5.97 Å². The number of carbonyl (C=O) groups is 2. The monoisotopic (exact) mass is 397 g/mol. The fraction of sp³-hybridized carbons (Fsp3) is 0.300. The molecule has 2 N–H and O–H groups in total. The zero-order chi connectivity index (χ0) is 19.7. The summed E-state index contributed by atoms with van der Waals surface area (Å²) in [5.74, 6) is -0.895. The van der Waals surface area contributed by atoms with Gasteiger partial charge in [-0.3, -0.25) is 9.59 Å². The van der Waals surface area contributed by atoms with Gasteiger partial charge in [-0.15, -0.1) is 11.3 Å². The lowest BCUT2D eigenvalue weighted by atomic mass is 9.95. The number of hydrogen-bond acceptors (Lipinski definition) is 6. The molecule has 8 heteroatoms. The molecule has 1 aliphatic rings. The highest BCUT2D eigenvalue weighted by atomic mass is 32.1. The van der Waals surface area contributed by atoms with E-state index >= 15 is 0 Å². The molecule has 1 amide bonds. The molecule has 0 aliphatic heterocycles. The van der Waals surface area contributed by atoms with E-state index in [-0.39, 0.29) is 17.9 Å². The number of aromatic nitrogens is 2. The number of nitrogens with zero attached hydrogens (tertiary/aromatic N) is 1. The molecule has 1 aliphatic carbocycles. The topological polar surface area (TPSA) is 101 Å². The van der Waals surface area contributed by atoms with Gasteiger partial charge in [-0.05, 0) is 44.2 Å². The number of thiophene rings is 1. The molecule has 0 radical (unpaired) electrons. The van der Waals surface area contributed by atoms with E-state index in [1.54, 1.807) is 31.2 Å². The van der Waals surface area contributed by atoms with Crippen molar-refractivity contribution in [3.05, 3.63) is 56.3 Å². The zero-order valence-corrected chi connectivity index (χ0v) is 16.1. The number of aryl methyl sites for hydroxylation is 1. The maximum atomic E-state index is 12.9. The van der Waals surface area contributed by atoms with Crippen molar-refractivity contribution >= 4 is 39.0 Å². The highest BCUT2D eigenvalue weighted by Gasteiger charge is 2.28. The van der Waals surface area contributed by atoms with Crippen molar-refractivity contribution in [2.75, 3.05) is 11.9 Å². The van der Waals surface area contributed by atoms with Crippen molar-refractivity contribution in [2.45, 2.75) is 32.6 Å². The van der Waals surface area contributed by atoms with Crippen LogP contribution in [0.25, 0.3) is 10.8 Å². The molecule has 0 spiro atoms. The van der Waals surface area contributed by atoms with Crippen molar-refractivity contribution in [1.29, 1.82) is 0 Å². The van der Waals surface area contributed by atoms with Crippen LogP contribution < -0.4 is 10.9 Å². The third kappa shape index (κ3) is 3.20. The van der Waals surface area contributed by atoms with Crippen molar-refractivity contribution < 1.29 is 14.3 Å². The average molecular weight is 397 g/mol. The van der Waals surface area contributed by atoms with Crippen molar-refractivity contribution in [3.63, 3.8) is 0 Å². The van der Waals surface area contributed by atoms with Crippen molar-refractivity contribution in [2.24, 2.45) is 0 Å². The third-order valence-electron chi connectivity index (χ3n) is 4.79. The van der Waals surface area contributed by atoms with Crippen LogP contribution in [0.5, 0.6) is 0 Å². The van der Waals surface area contributed by atoms with E-state index in [1.807, 2.05) is 0 Å². The number of rotatable bonds is 4. The Hall–Kier alpha value is -3.00. The lowest BCUT2D eigenvalue weighted by Crippen LogP contribution is -2.20. The summed E-state index contributed by atoms with van der Waals surface area (Å²) in [6, 6.07) is 6.79. The first-order valence-corrected chi connectivity index (χ1v) is 10.0. The molecule has 2 heterocycles. The lowest BCUT2D eigenvalue weighted by molar-refractivity contribution is 0.0526. The molecule has 0 unspecified atom stereocenters. The van der Waals surface area contributed by atoms with E-state index in [0.29, 0.717) is 21.3 Å². The van der Waals surface area contributed by atoms with Crippen LogP contribution in [-0.2, 0) is 17.6 Å². The molecule has 28 heavy (non-hydrogen) atoms. The van der Waals surface area contributed by atoms with Gasteiger partial charge in [0.15, 0.2) is 5.69 Å². The second-order valence-electron chi connectivity index (χ2n) is 6.54. The zero-order valence-electron chi connectivity index (χ0n) is 15.3. The number of amides is 1. The molecular formula is C20H19N3O4S. The highest BCUT2D eigenvalue weighted by Crippen LogP contribution is 2.38. The van der Waals surface area contributed by atoms with Gasteiger partial charge in [0.25, 0.3) is 11.5 Å². The van der Waals surface area contributed by atoms with E-state index in [0.717, 1.165) is 36.1 Å². The quantitative estimate of drug-likeness (QED) is 0.658. The molecule has 144 valence electrons. The lowest BCUT2D eigenvalue weighted by Gasteiger charge is -2.12. The predicted octanol–water partition coefficient (Wildman–Crippen LogP) is 3.29. The maximum absolute atomic E-state index is 12.9. The number of esters is 1. The first-order valence-electron chi connectivity index (χ1n) is 9.20. The molecule has 0 saturated carbocycles. The summed E-state index contributed by atoms with van der Waals surface area (Å²) in [6.07, 6.45) is 3.77. The number of ether oxygens (including phenoxy) is 1. The summed E-state index contributed by atoms with van der Waals surface area (Å²) in [7, 11) is 0. The van der Waals surface area contributed by atoms with Crippen LogP contribution in [0.2, 0.25) is 0 Å². The molecule has 0 fully saturated rings. The van der Waals surface area contributed by atoms with E-state index in [4.69, 9.17) is 4.74 Å². The minimum Gasteiger partial charge on any atom is -0.462 e. The van der Waals surface area contributed by atoms with Crippen LogP contribution in [0.1, 0.15) is 51.1 Å². The molecule has 1 aromatic carbocycles. The minimum atomic E-state index is -0.475. The molecule has 2 aromatic heterocycles. The fourth-order valence-corrected chi connectivity index (χ4v) is 4.80. The van der Waals surface area contributed by atoms with Gasteiger partial charge in [0.05, 0.1) is 17.6 Å². The van der Waals surface area contributed by atoms with E-state index in [1.165, 1.54) is 11.3 Å². The van der Waals surface area contributed by atoms with E-state index in [9.17, 15) is 14.4 Å². The number of H-pyrrole nitrogens is 1. The number of nitrogens with one attached hydrogen (secondary N) is 2. The number of fused-ring (bicyclic) bond motifs is 2. The Morgan fingerprint density at radius 3 is 2.75 bits per heavy atom. The summed E-state index contributed by atoms with van der Waals surface area (Å²) in [5, 5.41) is 10.5. The number of carbonyl (C=O) groups excluding carboxylic acids is 2. The smallest absolute Gasteiger partial charge is 0.341 e. The van der Waals surface area contributed by atoms with Gasteiger partial charge < -0.3 is 10.1 Å². The molecule has 3 aromatic rings. The third-order valence-corrected chi connectivity index (χ3v) is 6.00. The van der Waals surface area contributed by atoms with Crippen LogP contribution >= 0.6 is 11.3 Å². The Morgan fingerprint density at radius 1 is 1.21 bits per heavy atom. The van der Waals surface area contributed by atoms with Gasteiger partial charge in [0, 0.05) is 10.3 Å². The standard InChI is InChI=1S/C20H19N3O4S/c1-2-27-20(26)15-13-9-5-6-10-14(13)28-19(15)21-18(25)16-11-7-3-4-8-12(11)17(24)23-22-16/h3-4,7-8H,2,5-6,9-10H2,1H3,(H,21,25)(H,23,24). The van der Waals surface area contributed by atoms with Gasteiger partial charge in [-0.25, -0.2) is 9.89 Å². The van der Waals surface area contributed by atoms with Crippen molar-refractivity contribution in [3.8, 4) is 0 Å². The average Bonchev–Trinajstić information content (AvgIpc) is 3.06. The largest absolute Gasteiger partial charge is 0.462 e.